The molecule has 2 aromatic rings. The van der Waals surface area contributed by atoms with Crippen molar-refractivity contribution < 1.29 is 9.59 Å². The third-order valence-electron chi connectivity index (χ3n) is 5.11. The Bertz CT molecular complexity index is 790. The molecule has 3 rings (SSSR count). The van der Waals surface area contributed by atoms with Crippen LogP contribution in [0.3, 0.4) is 0 Å². The number of carbonyl (C=O) groups excluding carboxylic acids is 2. The van der Waals surface area contributed by atoms with Crippen LogP contribution in [-0.4, -0.2) is 35.7 Å². The molecule has 4 nitrogen and oxygen atoms in total. The van der Waals surface area contributed by atoms with Crippen LogP contribution in [0.1, 0.15) is 34.3 Å². The number of hydrogen-bond donors (Lipinski definition) is 1. The summed E-state index contributed by atoms with van der Waals surface area (Å²) in [5.41, 5.74) is 11.3. The number of nitrogens with zero attached hydrogens (tertiary/aromatic N) is 1. The van der Waals surface area contributed by atoms with Crippen LogP contribution in [0, 0.1) is 13.8 Å². The standard InChI is InChI=1S/C21H24N2O2/c1-15-5-3-6-19(16(15)2)17-7-9-18(10-8-17)20(25)23-13-21(22,14-23)11-4-12-24/h3,5-10,12H,4,11,13-14,22H2,1-2H3. The van der Waals surface area contributed by atoms with E-state index in [2.05, 4.69) is 32.0 Å². The van der Waals surface area contributed by atoms with Crippen LogP contribution in [-0.2, 0) is 4.79 Å². The third kappa shape index (κ3) is 3.49. The summed E-state index contributed by atoms with van der Waals surface area (Å²) in [6.45, 7) is 5.24. The summed E-state index contributed by atoms with van der Waals surface area (Å²) >= 11 is 0. The van der Waals surface area contributed by atoms with Crippen molar-refractivity contribution in [3.63, 3.8) is 0 Å². The molecule has 1 amide bonds. The first kappa shape index (κ1) is 17.4. The summed E-state index contributed by atoms with van der Waals surface area (Å²) in [6, 6.07) is 14.0. The lowest BCUT2D eigenvalue weighted by Crippen LogP contribution is -2.68. The number of hydrogen-bond acceptors (Lipinski definition) is 3. The largest absolute Gasteiger partial charge is 0.335 e. The topological polar surface area (TPSA) is 63.4 Å². The van der Waals surface area contributed by atoms with Crippen LogP contribution in [0.25, 0.3) is 11.1 Å². The van der Waals surface area contributed by atoms with Crippen LogP contribution >= 0.6 is 0 Å². The predicted octanol–water partition coefficient (Wildman–Crippen LogP) is 3.10. The second-order valence-corrected chi connectivity index (χ2v) is 7.05. The zero-order valence-electron chi connectivity index (χ0n) is 14.8. The van der Waals surface area contributed by atoms with Crippen molar-refractivity contribution in [2.24, 2.45) is 5.73 Å². The summed E-state index contributed by atoms with van der Waals surface area (Å²) < 4.78 is 0. The SMILES string of the molecule is Cc1cccc(-c2ccc(C(=O)N3CC(N)(CCC=O)C3)cc2)c1C. The minimum atomic E-state index is -0.408. The van der Waals surface area contributed by atoms with Crippen molar-refractivity contribution in [2.75, 3.05) is 13.1 Å². The number of nitrogens with two attached hydrogens (primary N) is 1. The lowest BCUT2D eigenvalue weighted by atomic mass is 9.86. The molecule has 130 valence electrons. The molecule has 0 unspecified atom stereocenters. The molecule has 0 aromatic heterocycles. The van der Waals surface area contributed by atoms with Gasteiger partial charge in [-0.2, -0.15) is 0 Å². The van der Waals surface area contributed by atoms with Crippen molar-refractivity contribution in [3.05, 3.63) is 59.2 Å². The first-order valence-electron chi connectivity index (χ1n) is 8.62. The van der Waals surface area contributed by atoms with Gasteiger partial charge in [0.05, 0.1) is 5.54 Å². The van der Waals surface area contributed by atoms with E-state index in [1.165, 1.54) is 16.7 Å². The second kappa shape index (κ2) is 6.81. The van der Waals surface area contributed by atoms with Crippen molar-refractivity contribution >= 4 is 12.2 Å². The van der Waals surface area contributed by atoms with Crippen LogP contribution in [0.15, 0.2) is 42.5 Å². The van der Waals surface area contributed by atoms with Crippen LogP contribution < -0.4 is 5.73 Å². The normalized spacial score (nSPS) is 15.6. The number of carbonyl (C=O) groups is 2. The Morgan fingerprint density at radius 1 is 1.16 bits per heavy atom. The Kier molecular flexibility index (Phi) is 4.73. The fourth-order valence-electron chi connectivity index (χ4n) is 3.40. The first-order valence-corrected chi connectivity index (χ1v) is 8.62. The molecule has 0 bridgehead atoms. The van der Waals surface area contributed by atoms with Gasteiger partial charge in [-0.3, -0.25) is 4.79 Å². The summed E-state index contributed by atoms with van der Waals surface area (Å²) in [5, 5.41) is 0. The lowest BCUT2D eigenvalue weighted by Gasteiger charge is -2.47. The molecule has 1 aliphatic rings. The summed E-state index contributed by atoms with van der Waals surface area (Å²) in [5.74, 6) is -0.000285. The number of rotatable bonds is 5. The monoisotopic (exact) mass is 336 g/mol. The van der Waals surface area contributed by atoms with E-state index in [-0.39, 0.29) is 5.91 Å². The van der Waals surface area contributed by atoms with E-state index >= 15 is 0 Å². The summed E-state index contributed by atoms with van der Waals surface area (Å²) in [6.07, 6.45) is 1.96. The minimum Gasteiger partial charge on any atom is -0.335 e. The zero-order chi connectivity index (χ0) is 18.0. The van der Waals surface area contributed by atoms with Gasteiger partial charge in [0.1, 0.15) is 6.29 Å². The molecule has 1 saturated heterocycles. The molecular weight excluding hydrogens is 312 g/mol. The molecule has 0 radical (unpaired) electrons. The fraction of sp³-hybridized carbons (Fsp3) is 0.333. The van der Waals surface area contributed by atoms with Gasteiger partial charge >= 0.3 is 0 Å². The molecule has 0 atom stereocenters. The summed E-state index contributed by atoms with van der Waals surface area (Å²) in [4.78, 5) is 24.8. The first-order chi connectivity index (χ1) is 11.9. The molecule has 1 fully saturated rings. The van der Waals surface area contributed by atoms with Crippen molar-refractivity contribution in [1.29, 1.82) is 0 Å². The zero-order valence-corrected chi connectivity index (χ0v) is 14.8. The molecule has 0 saturated carbocycles. The van der Waals surface area contributed by atoms with E-state index in [9.17, 15) is 9.59 Å². The molecule has 1 heterocycles. The number of aldehydes is 1. The minimum absolute atomic E-state index is 0.000285. The molecule has 4 heteroatoms. The van der Waals surface area contributed by atoms with Gasteiger partial charge in [0.2, 0.25) is 0 Å². The Balaban J connectivity index is 1.70. The average molecular weight is 336 g/mol. The maximum Gasteiger partial charge on any atom is 0.253 e. The van der Waals surface area contributed by atoms with Gasteiger partial charge in [0.25, 0.3) is 5.91 Å². The van der Waals surface area contributed by atoms with Gasteiger partial charge in [-0.15, -0.1) is 0 Å². The quantitative estimate of drug-likeness (QED) is 0.853. The highest BCUT2D eigenvalue weighted by Crippen LogP contribution is 2.28. The maximum absolute atomic E-state index is 12.6. The van der Waals surface area contributed by atoms with Crippen LogP contribution in [0.4, 0.5) is 0 Å². The smallest absolute Gasteiger partial charge is 0.253 e. The van der Waals surface area contributed by atoms with E-state index < -0.39 is 5.54 Å². The van der Waals surface area contributed by atoms with Crippen LogP contribution in [0.5, 0.6) is 0 Å². The molecule has 2 aromatic carbocycles. The molecule has 2 N–H and O–H groups in total. The van der Waals surface area contributed by atoms with Crippen molar-refractivity contribution in [2.45, 2.75) is 32.2 Å². The highest BCUT2D eigenvalue weighted by Gasteiger charge is 2.41. The molecule has 25 heavy (non-hydrogen) atoms. The van der Waals surface area contributed by atoms with Gasteiger partial charge in [0.15, 0.2) is 0 Å². The Morgan fingerprint density at radius 2 is 1.84 bits per heavy atom. The van der Waals surface area contributed by atoms with Gasteiger partial charge in [-0.05, 0) is 54.7 Å². The molecular formula is C21H24N2O2. The second-order valence-electron chi connectivity index (χ2n) is 7.05. The van der Waals surface area contributed by atoms with E-state index in [1.807, 2.05) is 24.3 Å². The Morgan fingerprint density at radius 3 is 2.48 bits per heavy atom. The number of aryl methyl sites for hydroxylation is 1. The van der Waals surface area contributed by atoms with Crippen molar-refractivity contribution in [3.8, 4) is 11.1 Å². The van der Waals surface area contributed by atoms with Gasteiger partial charge in [-0.25, -0.2) is 0 Å². The maximum atomic E-state index is 12.6. The van der Waals surface area contributed by atoms with E-state index in [0.29, 0.717) is 31.5 Å². The van der Waals surface area contributed by atoms with E-state index in [0.717, 1.165) is 11.8 Å². The molecule has 0 spiro atoms. The number of likely N-dealkylation sites (tertiary alicyclic amines) is 1. The Hall–Kier alpha value is -2.46. The lowest BCUT2D eigenvalue weighted by molar-refractivity contribution is -0.108. The van der Waals surface area contributed by atoms with Crippen LogP contribution in [0.2, 0.25) is 0 Å². The Labute approximate surface area is 148 Å². The number of amides is 1. The van der Waals surface area contributed by atoms with E-state index in [4.69, 9.17) is 5.73 Å². The van der Waals surface area contributed by atoms with Gasteiger partial charge < -0.3 is 15.4 Å². The van der Waals surface area contributed by atoms with Gasteiger partial charge in [0, 0.05) is 25.1 Å². The van der Waals surface area contributed by atoms with E-state index in [1.54, 1.807) is 4.90 Å². The third-order valence-corrected chi connectivity index (χ3v) is 5.11. The highest BCUT2D eigenvalue weighted by atomic mass is 16.2. The van der Waals surface area contributed by atoms with Gasteiger partial charge in [-0.1, -0.05) is 30.3 Å². The van der Waals surface area contributed by atoms with Crippen molar-refractivity contribution in [1.82, 2.24) is 4.90 Å². The molecule has 0 aliphatic carbocycles. The highest BCUT2D eigenvalue weighted by molar-refractivity contribution is 5.95. The molecule has 1 aliphatic heterocycles. The number of benzene rings is 2. The average Bonchev–Trinajstić information content (AvgIpc) is 2.59. The summed E-state index contributed by atoms with van der Waals surface area (Å²) in [7, 11) is 0. The fourth-order valence-corrected chi connectivity index (χ4v) is 3.40. The predicted molar refractivity (Wildman–Crippen MR) is 99.5 cm³/mol.